The number of anilines is 2. The first-order valence-electron chi connectivity index (χ1n) is 7.90. The Labute approximate surface area is 130 Å². The molecule has 1 aromatic rings. The van der Waals surface area contributed by atoms with Crippen molar-refractivity contribution in [3.63, 3.8) is 0 Å². The lowest BCUT2D eigenvalue weighted by Gasteiger charge is -2.23. The van der Waals surface area contributed by atoms with Gasteiger partial charge in [-0.25, -0.2) is 0 Å². The standard InChI is InChI=1S/C17H23N3O2/c1-11-3-4-13(19-12(2)21)9-15(11)20-16(22)14-10-17(14)5-7-18-8-6-17/h3-4,9,14,18H,5-8,10H2,1-2H3,(H,19,21)(H,20,22). The van der Waals surface area contributed by atoms with E-state index in [-0.39, 0.29) is 23.1 Å². The molecular formula is C17H23N3O2. The molecule has 0 bridgehead atoms. The second-order valence-corrected chi connectivity index (χ2v) is 6.57. The maximum atomic E-state index is 12.5. The van der Waals surface area contributed by atoms with E-state index >= 15 is 0 Å². The average Bonchev–Trinajstić information content (AvgIpc) is 3.16. The number of nitrogens with one attached hydrogen (secondary N) is 3. The van der Waals surface area contributed by atoms with Crippen LogP contribution in [0.1, 0.15) is 31.7 Å². The minimum absolute atomic E-state index is 0.114. The van der Waals surface area contributed by atoms with Crippen LogP contribution in [-0.4, -0.2) is 24.9 Å². The Balaban J connectivity index is 1.68. The summed E-state index contributed by atoms with van der Waals surface area (Å²) in [7, 11) is 0. The van der Waals surface area contributed by atoms with Crippen molar-refractivity contribution in [3.05, 3.63) is 23.8 Å². The summed E-state index contributed by atoms with van der Waals surface area (Å²) < 4.78 is 0. The highest BCUT2D eigenvalue weighted by molar-refractivity contribution is 5.97. The highest BCUT2D eigenvalue weighted by Gasteiger charge is 2.57. The number of amides is 2. The molecule has 3 N–H and O–H groups in total. The van der Waals surface area contributed by atoms with Crippen LogP contribution in [0, 0.1) is 18.3 Å². The zero-order valence-electron chi connectivity index (χ0n) is 13.2. The zero-order valence-corrected chi connectivity index (χ0v) is 13.2. The second-order valence-electron chi connectivity index (χ2n) is 6.57. The van der Waals surface area contributed by atoms with Gasteiger partial charge in [-0.05, 0) is 62.4 Å². The van der Waals surface area contributed by atoms with Crippen molar-refractivity contribution in [2.75, 3.05) is 23.7 Å². The first-order chi connectivity index (χ1) is 10.5. The van der Waals surface area contributed by atoms with Gasteiger partial charge in [0.25, 0.3) is 0 Å². The number of hydrogen-bond donors (Lipinski definition) is 3. The number of rotatable bonds is 3. The first-order valence-corrected chi connectivity index (χ1v) is 7.90. The van der Waals surface area contributed by atoms with Gasteiger partial charge >= 0.3 is 0 Å². The molecule has 1 atom stereocenters. The SMILES string of the molecule is CC(=O)Nc1ccc(C)c(NC(=O)C2CC23CCNCC3)c1. The largest absolute Gasteiger partial charge is 0.326 e. The molecule has 1 aliphatic carbocycles. The number of carbonyl (C=O) groups is 2. The molecule has 2 amide bonds. The third-order valence-corrected chi connectivity index (χ3v) is 4.92. The van der Waals surface area contributed by atoms with Crippen molar-refractivity contribution in [2.45, 2.75) is 33.1 Å². The molecular weight excluding hydrogens is 278 g/mol. The average molecular weight is 301 g/mol. The Bertz CT molecular complexity index is 606. The van der Waals surface area contributed by atoms with Gasteiger partial charge < -0.3 is 16.0 Å². The molecule has 1 saturated heterocycles. The fourth-order valence-corrected chi connectivity index (χ4v) is 3.45. The molecule has 2 aliphatic rings. The minimum Gasteiger partial charge on any atom is -0.326 e. The Kier molecular flexibility index (Phi) is 3.91. The summed E-state index contributed by atoms with van der Waals surface area (Å²) in [5.41, 5.74) is 2.73. The predicted molar refractivity (Wildman–Crippen MR) is 86.8 cm³/mol. The van der Waals surface area contributed by atoms with E-state index in [1.165, 1.54) is 6.92 Å². The zero-order chi connectivity index (χ0) is 15.7. The van der Waals surface area contributed by atoms with Crippen LogP contribution in [0.25, 0.3) is 0 Å². The second kappa shape index (κ2) is 5.72. The third kappa shape index (κ3) is 2.99. The van der Waals surface area contributed by atoms with Gasteiger partial charge in [0.05, 0.1) is 0 Å². The summed E-state index contributed by atoms with van der Waals surface area (Å²) in [6.07, 6.45) is 3.19. The van der Waals surface area contributed by atoms with E-state index in [4.69, 9.17) is 0 Å². The molecule has 22 heavy (non-hydrogen) atoms. The van der Waals surface area contributed by atoms with Crippen LogP contribution in [0.2, 0.25) is 0 Å². The molecule has 1 aliphatic heterocycles. The summed E-state index contributed by atoms with van der Waals surface area (Å²) in [5, 5.41) is 9.15. The quantitative estimate of drug-likeness (QED) is 0.802. The molecule has 0 aromatic heterocycles. The number of hydrogen-bond acceptors (Lipinski definition) is 3. The Hall–Kier alpha value is -1.88. The molecule has 3 rings (SSSR count). The molecule has 1 heterocycles. The Morgan fingerprint density at radius 1 is 1.23 bits per heavy atom. The van der Waals surface area contributed by atoms with Gasteiger partial charge in [0.15, 0.2) is 0 Å². The van der Waals surface area contributed by atoms with Crippen molar-refractivity contribution in [1.82, 2.24) is 5.32 Å². The molecule has 118 valence electrons. The monoisotopic (exact) mass is 301 g/mol. The van der Waals surface area contributed by atoms with Crippen LogP contribution in [0.3, 0.4) is 0 Å². The van der Waals surface area contributed by atoms with Crippen LogP contribution >= 0.6 is 0 Å². The van der Waals surface area contributed by atoms with Gasteiger partial charge in [-0.1, -0.05) is 6.07 Å². The number of carbonyl (C=O) groups excluding carboxylic acids is 2. The topological polar surface area (TPSA) is 70.2 Å². The van der Waals surface area contributed by atoms with Crippen molar-refractivity contribution in [2.24, 2.45) is 11.3 Å². The molecule has 5 heteroatoms. The highest BCUT2D eigenvalue weighted by atomic mass is 16.2. The Morgan fingerprint density at radius 2 is 1.95 bits per heavy atom. The van der Waals surface area contributed by atoms with Crippen molar-refractivity contribution < 1.29 is 9.59 Å². The smallest absolute Gasteiger partial charge is 0.228 e. The van der Waals surface area contributed by atoms with Gasteiger partial charge in [-0.2, -0.15) is 0 Å². The van der Waals surface area contributed by atoms with Gasteiger partial charge in [-0.3, -0.25) is 9.59 Å². The third-order valence-electron chi connectivity index (χ3n) is 4.92. The molecule has 1 saturated carbocycles. The molecule has 5 nitrogen and oxygen atoms in total. The van der Waals surface area contributed by atoms with Crippen LogP contribution in [0.5, 0.6) is 0 Å². The molecule has 1 unspecified atom stereocenters. The molecule has 1 spiro atoms. The van der Waals surface area contributed by atoms with Gasteiger partial charge in [0.1, 0.15) is 0 Å². The van der Waals surface area contributed by atoms with E-state index in [2.05, 4.69) is 16.0 Å². The molecule has 2 fully saturated rings. The van der Waals surface area contributed by atoms with Gasteiger partial charge in [-0.15, -0.1) is 0 Å². The van der Waals surface area contributed by atoms with E-state index in [0.717, 1.165) is 43.6 Å². The fraction of sp³-hybridized carbons (Fsp3) is 0.529. The van der Waals surface area contributed by atoms with Gasteiger partial charge in [0.2, 0.25) is 11.8 Å². The molecule has 0 radical (unpaired) electrons. The Morgan fingerprint density at radius 3 is 2.64 bits per heavy atom. The van der Waals surface area contributed by atoms with Crippen molar-refractivity contribution in [1.29, 1.82) is 0 Å². The highest BCUT2D eigenvalue weighted by Crippen LogP contribution is 2.58. The van der Waals surface area contributed by atoms with E-state index in [1.54, 1.807) is 0 Å². The van der Waals surface area contributed by atoms with E-state index in [0.29, 0.717) is 5.69 Å². The van der Waals surface area contributed by atoms with E-state index in [9.17, 15) is 9.59 Å². The van der Waals surface area contributed by atoms with E-state index < -0.39 is 0 Å². The summed E-state index contributed by atoms with van der Waals surface area (Å²) in [5.74, 6) is 0.139. The van der Waals surface area contributed by atoms with Crippen molar-refractivity contribution >= 4 is 23.2 Å². The maximum absolute atomic E-state index is 12.5. The van der Waals surface area contributed by atoms with Crippen LogP contribution in [0.15, 0.2) is 18.2 Å². The number of benzene rings is 1. The normalized spacial score (nSPS) is 22.2. The summed E-state index contributed by atoms with van der Waals surface area (Å²) in [4.78, 5) is 23.7. The fourth-order valence-electron chi connectivity index (χ4n) is 3.45. The van der Waals surface area contributed by atoms with Crippen LogP contribution < -0.4 is 16.0 Å². The molecule has 1 aromatic carbocycles. The minimum atomic E-state index is -0.114. The predicted octanol–water partition coefficient (Wildman–Crippen LogP) is 2.28. The number of piperidine rings is 1. The lowest BCUT2D eigenvalue weighted by Crippen LogP contribution is -2.31. The first kappa shape index (κ1) is 15.0. The van der Waals surface area contributed by atoms with E-state index in [1.807, 2.05) is 25.1 Å². The van der Waals surface area contributed by atoms with Gasteiger partial charge in [0, 0.05) is 24.2 Å². The van der Waals surface area contributed by atoms with Crippen molar-refractivity contribution in [3.8, 4) is 0 Å². The maximum Gasteiger partial charge on any atom is 0.228 e. The lowest BCUT2D eigenvalue weighted by atomic mass is 9.91. The summed E-state index contributed by atoms with van der Waals surface area (Å²) in [6.45, 7) is 5.46. The summed E-state index contributed by atoms with van der Waals surface area (Å²) in [6, 6.07) is 5.58. The number of aryl methyl sites for hydroxylation is 1. The lowest BCUT2D eigenvalue weighted by molar-refractivity contribution is -0.118. The summed E-state index contributed by atoms with van der Waals surface area (Å²) >= 11 is 0. The van der Waals surface area contributed by atoms with Crippen LogP contribution in [0.4, 0.5) is 11.4 Å². The van der Waals surface area contributed by atoms with Crippen LogP contribution in [-0.2, 0) is 9.59 Å².